The van der Waals surface area contributed by atoms with E-state index >= 15 is 0 Å². The predicted octanol–water partition coefficient (Wildman–Crippen LogP) is 3.42. The largest absolute Gasteiger partial charge is 0.370 e. The van der Waals surface area contributed by atoms with Gasteiger partial charge in [-0.25, -0.2) is 4.39 Å². The van der Waals surface area contributed by atoms with Crippen LogP contribution in [0, 0.1) is 12.7 Å². The van der Waals surface area contributed by atoms with Gasteiger partial charge in [-0.05, 0) is 30.7 Å². The maximum absolute atomic E-state index is 13.9. The summed E-state index contributed by atoms with van der Waals surface area (Å²) < 4.78 is 13.9. The normalized spacial score (nSPS) is 10.7. The average Bonchev–Trinajstić information content (AvgIpc) is 2.57. The zero-order valence-electron chi connectivity index (χ0n) is 13.3. The van der Waals surface area contributed by atoms with Crippen LogP contribution >= 0.6 is 11.6 Å². The second kappa shape index (κ2) is 6.49. The number of rotatable bonds is 2. The maximum Gasteiger partial charge on any atom is 0.280 e. The van der Waals surface area contributed by atoms with Gasteiger partial charge in [-0.3, -0.25) is 9.78 Å². The Morgan fingerprint density at radius 2 is 1.96 bits per heavy atom. The fraction of sp³-hybridized carbons (Fsp3) is 0.0556. The van der Waals surface area contributed by atoms with Crippen molar-refractivity contribution < 1.29 is 9.18 Å². The number of amides is 1. The topological polar surface area (TPSA) is 94.4 Å². The molecule has 7 heteroatoms. The van der Waals surface area contributed by atoms with Gasteiger partial charge in [-0.15, -0.1) is 0 Å². The third-order valence-corrected chi connectivity index (χ3v) is 4.14. The van der Waals surface area contributed by atoms with Crippen molar-refractivity contribution in [2.45, 2.75) is 6.92 Å². The maximum atomic E-state index is 13.9. The van der Waals surface area contributed by atoms with E-state index in [0.29, 0.717) is 32.6 Å². The van der Waals surface area contributed by atoms with Crippen LogP contribution in [0.15, 0.2) is 47.6 Å². The number of nitrogens with two attached hydrogens (primary N) is 2. The van der Waals surface area contributed by atoms with Gasteiger partial charge < -0.3 is 11.5 Å². The zero-order valence-corrected chi connectivity index (χ0v) is 14.0. The highest BCUT2D eigenvalue weighted by Crippen LogP contribution is 2.34. The lowest BCUT2D eigenvalue weighted by Crippen LogP contribution is -2.24. The molecule has 1 amide bonds. The van der Waals surface area contributed by atoms with Crippen LogP contribution in [0.5, 0.6) is 0 Å². The first-order valence-corrected chi connectivity index (χ1v) is 7.74. The molecular weight excluding hydrogens is 343 g/mol. The van der Waals surface area contributed by atoms with Crippen LogP contribution < -0.4 is 11.5 Å². The standard InChI is InChI=1S/C18H14ClFN4O/c1-9-11(3-2-4-15(9)20)16-13-7-10(17(25)24-18(21)22)5-6-12(13)14(19)8-23-16/h2-8H,1H3,(H4,21,22,24,25). The second-order valence-corrected chi connectivity index (χ2v) is 5.88. The Bertz CT molecular complexity index is 1030. The van der Waals surface area contributed by atoms with Gasteiger partial charge in [0.2, 0.25) is 0 Å². The van der Waals surface area contributed by atoms with Crippen LogP contribution in [0.3, 0.4) is 0 Å². The highest BCUT2D eigenvalue weighted by molar-refractivity contribution is 6.35. The number of benzene rings is 2. The Morgan fingerprint density at radius 1 is 1.20 bits per heavy atom. The van der Waals surface area contributed by atoms with E-state index in [1.165, 1.54) is 12.3 Å². The SMILES string of the molecule is Cc1c(F)cccc1-c1ncc(Cl)c2ccc(C(=O)N=C(N)N)cc12. The van der Waals surface area contributed by atoms with Gasteiger partial charge in [0.1, 0.15) is 5.82 Å². The summed E-state index contributed by atoms with van der Waals surface area (Å²) in [5, 5.41) is 1.73. The number of hydrogen-bond donors (Lipinski definition) is 2. The lowest BCUT2D eigenvalue weighted by Gasteiger charge is -2.11. The smallest absolute Gasteiger partial charge is 0.280 e. The summed E-state index contributed by atoms with van der Waals surface area (Å²) in [5.41, 5.74) is 12.4. The Balaban J connectivity index is 2.29. The van der Waals surface area contributed by atoms with Gasteiger partial charge in [0, 0.05) is 28.1 Å². The number of fused-ring (bicyclic) bond motifs is 1. The van der Waals surface area contributed by atoms with Crippen molar-refractivity contribution in [2.75, 3.05) is 0 Å². The summed E-state index contributed by atoms with van der Waals surface area (Å²) in [7, 11) is 0. The summed E-state index contributed by atoms with van der Waals surface area (Å²) in [4.78, 5) is 20.0. The highest BCUT2D eigenvalue weighted by Gasteiger charge is 2.15. The van der Waals surface area contributed by atoms with Crippen LogP contribution in [0.4, 0.5) is 4.39 Å². The summed E-state index contributed by atoms with van der Waals surface area (Å²) in [6, 6.07) is 9.61. The zero-order chi connectivity index (χ0) is 18.1. The van der Waals surface area contributed by atoms with Crippen LogP contribution in [0.25, 0.3) is 22.0 Å². The van der Waals surface area contributed by atoms with Crippen molar-refractivity contribution >= 4 is 34.2 Å². The van der Waals surface area contributed by atoms with E-state index in [1.54, 1.807) is 37.3 Å². The molecule has 3 rings (SSSR count). The minimum absolute atomic E-state index is 0.278. The number of nitrogens with zero attached hydrogens (tertiary/aromatic N) is 2. The van der Waals surface area contributed by atoms with Crippen molar-refractivity contribution in [3.05, 3.63) is 64.6 Å². The molecule has 5 nitrogen and oxygen atoms in total. The van der Waals surface area contributed by atoms with Crippen molar-refractivity contribution in [2.24, 2.45) is 16.5 Å². The molecule has 0 unspecified atom stereocenters. The fourth-order valence-corrected chi connectivity index (χ4v) is 2.82. The van der Waals surface area contributed by atoms with Crippen molar-refractivity contribution in [3.8, 4) is 11.3 Å². The minimum Gasteiger partial charge on any atom is -0.370 e. The van der Waals surface area contributed by atoms with Gasteiger partial charge in [0.05, 0.1) is 10.7 Å². The highest BCUT2D eigenvalue weighted by atomic mass is 35.5. The second-order valence-electron chi connectivity index (χ2n) is 5.47. The molecule has 4 N–H and O–H groups in total. The molecule has 3 aromatic rings. The quantitative estimate of drug-likeness (QED) is 0.543. The van der Waals surface area contributed by atoms with Crippen LogP contribution in [-0.2, 0) is 0 Å². The fourth-order valence-electron chi connectivity index (χ4n) is 2.60. The van der Waals surface area contributed by atoms with E-state index in [0.717, 1.165) is 0 Å². The number of guanidine groups is 1. The van der Waals surface area contributed by atoms with E-state index < -0.39 is 5.91 Å². The molecule has 1 aromatic heterocycles. The van der Waals surface area contributed by atoms with Crippen molar-refractivity contribution in [1.82, 2.24) is 4.98 Å². The number of pyridine rings is 1. The minimum atomic E-state index is -0.580. The molecule has 25 heavy (non-hydrogen) atoms. The Hall–Kier alpha value is -2.99. The van der Waals surface area contributed by atoms with Gasteiger partial charge in [0.25, 0.3) is 5.91 Å². The van der Waals surface area contributed by atoms with Gasteiger partial charge >= 0.3 is 0 Å². The van der Waals surface area contributed by atoms with Crippen LogP contribution in [0.2, 0.25) is 5.02 Å². The first kappa shape index (κ1) is 16.9. The van der Waals surface area contributed by atoms with Crippen LogP contribution in [-0.4, -0.2) is 16.9 Å². The number of aliphatic imine (C=N–C) groups is 1. The molecule has 1 heterocycles. The van der Waals surface area contributed by atoms with Gasteiger partial charge in [-0.1, -0.05) is 29.8 Å². The molecule has 0 aliphatic carbocycles. The molecule has 0 spiro atoms. The molecular formula is C18H14ClFN4O. The number of carbonyl (C=O) groups excluding carboxylic acids is 1. The molecule has 0 radical (unpaired) electrons. The first-order chi connectivity index (χ1) is 11.9. The molecule has 0 bridgehead atoms. The van der Waals surface area contributed by atoms with Crippen LogP contribution in [0.1, 0.15) is 15.9 Å². The monoisotopic (exact) mass is 356 g/mol. The molecule has 126 valence electrons. The number of hydrogen-bond acceptors (Lipinski definition) is 2. The third kappa shape index (κ3) is 3.16. The first-order valence-electron chi connectivity index (χ1n) is 7.36. The van der Waals surface area contributed by atoms with Crippen molar-refractivity contribution in [3.63, 3.8) is 0 Å². The lowest BCUT2D eigenvalue weighted by molar-refractivity contribution is 0.100. The number of aromatic nitrogens is 1. The van der Waals surface area contributed by atoms with E-state index in [4.69, 9.17) is 23.1 Å². The molecule has 0 saturated carbocycles. The van der Waals surface area contributed by atoms with Crippen molar-refractivity contribution in [1.29, 1.82) is 0 Å². The molecule has 0 fully saturated rings. The van der Waals surface area contributed by atoms with E-state index in [1.807, 2.05) is 0 Å². The molecule has 0 aliphatic rings. The number of carbonyl (C=O) groups is 1. The molecule has 0 saturated heterocycles. The summed E-state index contributed by atoms with van der Waals surface area (Å²) in [5.74, 6) is -1.24. The summed E-state index contributed by atoms with van der Waals surface area (Å²) in [6.45, 7) is 1.67. The van der Waals surface area contributed by atoms with Gasteiger partial charge in [-0.2, -0.15) is 4.99 Å². The Kier molecular flexibility index (Phi) is 4.37. The molecule has 2 aromatic carbocycles. The summed E-state index contributed by atoms with van der Waals surface area (Å²) in [6.07, 6.45) is 1.50. The Labute approximate surface area is 148 Å². The van der Waals surface area contributed by atoms with E-state index in [9.17, 15) is 9.18 Å². The van der Waals surface area contributed by atoms with Gasteiger partial charge in [0.15, 0.2) is 5.96 Å². The average molecular weight is 357 g/mol. The Morgan fingerprint density at radius 3 is 2.68 bits per heavy atom. The molecule has 0 aliphatic heterocycles. The third-order valence-electron chi connectivity index (χ3n) is 3.84. The predicted molar refractivity (Wildman–Crippen MR) is 97.0 cm³/mol. The summed E-state index contributed by atoms with van der Waals surface area (Å²) >= 11 is 6.21. The van der Waals surface area contributed by atoms with E-state index in [-0.39, 0.29) is 17.3 Å². The lowest BCUT2D eigenvalue weighted by atomic mass is 9.98. The molecule has 0 atom stereocenters. The number of halogens is 2. The van der Waals surface area contributed by atoms with E-state index in [2.05, 4.69) is 9.98 Å².